The molecular formula is C19H19NO2S. The summed E-state index contributed by atoms with van der Waals surface area (Å²) < 4.78 is 5.97. The lowest BCUT2D eigenvalue weighted by Gasteiger charge is -2.02. The summed E-state index contributed by atoms with van der Waals surface area (Å²) in [6, 6.07) is 16.5. The van der Waals surface area contributed by atoms with Gasteiger partial charge in [0.1, 0.15) is 5.69 Å². The number of nitrogens with zero attached hydrogens (tertiary/aromatic N) is 1. The fourth-order valence-electron chi connectivity index (χ4n) is 2.30. The van der Waals surface area contributed by atoms with Crippen molar-refractivity contribution >= 4 is 11.8 Å². The summed E-state index contributed by atoms with van der Waals surface area (Å²) >= 11 is 1.42. The van der Waals surface area contributed by atoms with Crippen LogP contribution in [0, 0.1) is 13.8 Å². The molecule has 0 bridgehead atoms. The molecule has 3 aromatic rings. The summed E-state index contributed by atoms with van der Waals surface area (Å²) in [7, 11) is 0. The molecule has 118 valence electrons. The summed E-state index contributed by atoms with van der Waals surface area (Å²) in [5.41, 5.74) is 5.30. The van der Waals surface area contributed by atoms with Crippen LogP contribution in [0.5, 0.6) is 0 Å². The molecule has 1 N–H and O–H groups in total. The number of aromatic nitrogens is 1. The van der Waals surface area contributed by atoms with Crippen LogP contribution in [0.3, 0.4) is 0 Å². The third-order valence-corrected chi connectivity index (χ3v) is 4.37. The maximum absolute atomic E-state index is 9.01. The second-order valence-electron chi connectivity index (χ2n) is 5.46. The molecule has 3 nitrogen and oxygen atoms in total. The van der Waals surface area contributed by atoms with E-state index < -0.39 is 0 Å². The van der Waals surface area contributed by atoms with E-state index in [0.29, 0.717) is 11.0 Å². The predicted octanol–water partition coefficient (Wildman–Crippen LogP) is 4.71. The number of oxazole rings is 1. The van der Waals surface area contributed by atoms with Gasteiger partial charge >= 0.3 is 0 Å². The van der Waals surface area contributed by atoms with Gasteiger partial charge in [0.25, 0.3) is 5.22 Å². The number of aliphatic hydroxyl groups excluding tert-OH is 1. The highest BCUT2D eigenvalue weighted by Crippen LogP contribution is 2.35. The number of aryl methyl sites for hydroxylation is 2. The Morgan fingerprint density at radius 3 is 2.04 bits per heavy atom. The van der Waals surface area contributed by atoms with Gasteiger partial charge < -0.3 is 9.52 Å². The van der Waals surface area contributed by atoms with Crippen molar-refractivity contribution in [3.05, 3.63) is 59.7 Å². The Morgan fingerprint density at radius 2 is 1.48 bits per heavy atom. The molecule has 2 aromatic carbocycles. The average molecular weight is 325 g/mol. The molecule has 0 aliphatic heterocycles. The van der Waals surface area contributed by atoms with Crippen LogP contribution in [0.4, 0.5) is 0 Å². The molecule has 0 spiro atoms. The third-order valence-electron chi connectivity index (χ3n) is 3.56. The minimum Gasteiger partial charge on any atom is -0.431 e. The van der Waals surface area contributed by atoms with Crippen LogP contribution in [0.25, 0.3) is 22.6 Å². The van der Waals surface area contributed by atoms with Crippen LogP contribution in [-0.2, 0) is 0 Å². The van der Waals surface area contributed by atoms with Gasteiger partial charge in [-0.15, -0.1) is 0 Å². The van der Waals surface area contributed by atoms with E-state index in [1.165, 1.54) is 22.9 Å². The smallest absolute Gasteiger partial charge is 0.256 e. The monoisotopic (exact) mass is 325 g/mol. The number of rotatable bonds is 5. The molecule has 0 aliphatic carbocycles. The van der Waals surface area contributed by atoms with Gasteiger partial charge in [-0.2, -0.15) is 0 Å². The highest BCUT2D eigenvalue weighted by molar-refractivity contribution is 7.99. The van der Waals surface area contributed by atoms with Gasteiger partial charge in [0, 0.05) is 16.9 Å². The molecule has 1 heterocycles. The van der Waals surface area contributed by atoms with Crippen molar-refractivity contribution in [2.45, 2.75) is 19.1 Å². The van der Waals surface area contributed by atoms with Gasteiger partial charge in [-0.05, 0) is 13.8 Å². The van der Waals surface area contributed by atoms with E-state index in [-0.39, 0.29) is 6.61 Å². The molecule has 0 atom stereocenters. The van der Waals surface area contributed by atoms with E-state index in [2.05, 4.69) is 55.2 Å². The zero-order valence-electron chi connectivity index (χ0n) is 13.2. The van der Waals surface area contributed by atoms with E-state index in [9.17, 15) is 0 Å². The molecule has 4 heteroatoms. The largest absolute Gasteiger partial charge is 0.431 e. The zero-order chi connectivity index (χ0) is 16.2. The molecule has 23 heavy (non-hydrogen) atoms. The van der Waals surface area contributed by atoms with Gasteiger partial charge in [0.2, 0.25) is 0 Å². The standard InChI is InChI=1S/C19H19NO2S/c1-13-3-7-15(8-4-13)17-18(16-9-5-14(2)6-10-16)22-19(20-17)23-12-11-21/h3-10,21H,11-12H2,1-2H3. The van der Waals surface area contributed by atoms with Crippen LogP contribution in [0.1, 0.15) is 11.1 Å². The summed E-state index contributed by atoms with van der Waals surface area (Å²) in [5, 5.41) is 9.60. The lowest BCUT2D eigenvalue weighted by molar-refractivity contribution is 0.322. The molecule has 0 radical (unpaired) electrons. The van der Waals surface area contributed by atoms with Gasteiger partial charge in [-0.3, -0.25) is 0 Å². The van der Waals surface area contributed by atoms with E-state index in [0.717, 1.165) is 22.6 Å². The summed E-state index contributed by atoms with van der Waals surface area (Å²) in [4.78, 5) is 4.63. The maximum Gasteiger partial charge on any atom is 0.256 e. The number of hydrogen-bond donors (Lipinski definition) is 1. The molecular weight excluding hydrogens is 306 g/mol. The summed E-state index contributed by atoms with van der Waals surface area (Å²) in [5.74, 6) is 1.34. The fraction of sp³-hybridized carbons (Fsp3) is 0.211. The first-order chi connectivity index (χ1) is 11.2. The number of aliphatic hydroxyl groups is 1. The normalized spacial score (nSPS) is 10.9. The van der Waals surface area contributed by atoms with E-state index >= 15 is 0 Å². The second kappa shape index (κ2) is 7.02. The van der Waals surface area contributed by atoms with Crippen LogP contribution in [-0.4, -0.2) is 22.5 Å². The van der Waals surface area contributed by atoms with Crippen LogP contribution < -0.4 is 0 Å². The Labute approximate surface area is 140 Å². The number of thioether (sulfide) groups is 1. The van der Waals surface area contributed by atoms with Crippen molar-refractivity contribution in [3.63, 3.8) is 0 Å². The maximum atomic E-state index is 9.01. The lowest BCUT2D eigenvalue weighted by Crippen LogP contribution is -1.85. The SMILES string of the molecule is Cc1ccc(-c2nc(SCCO)oc2-c2ccc(C)cc2)cc1. The Kier molecular flexibility index (Phi) is 4.84. The molecule has 0 fully saturated rings. The van der Waals surface area contributed by atoms with Crippen LogP contribution in [0.2, 0.25) is 0 Å². The minimum absolute atomic E-state index is 0.104. The van der Waals surface area contributed by atoms with Crippen molar-refractivity contribution < 1.29 is 9.52 Å². The van der Waals surface area contributed by atoms with E-state index in [1.54, 1.807) is 0 Å². The van der Waals surface area contributed by atoms with Crippen molar-refractivity contribution in [2.75, 3.05) is 12.4 Å². The molecule has 0 amide bonds. The van der Waals surface area contributed by atoms with Gasteiger partial charge in [0.15, 0.2) is 5.76 Å². The van der Waals surface area contributed by atoms with E-state index in [4.69, 9.17) is 9.52 Å². The Hall–Kier alpha value is -2.04. The predicted molar refractivity (Wildman–Crippen MR) is 94.7 cm³/mol. The van der Waals surface area contributed by atoms with E-state index in [1.807, 2.05) is 12.1 Å². The first kappa shape index (κ1) is 15.8. The van der Waals surface area contributed by atoms with Gasteiger partial charge in [-0.25, -0.2) is 4.98 Å². The molecule has 0 saturated heterocycles. The topological polar surface area (TPSA) is 46.3 Å². The Balaban J connectivity index is 2.06. The Morgan fingerprint density at radius 1 is 0.913 bits per heavy atom. The molecule has 0 aliphatic rings. The van der Waals surface area contributed by atoms with Gasteiger partial charge in [0.05, 0.1) is 6.61 Å². The quantitative estimate of drug-likeness (QED) is 0.690. The number of hydrogen-bond acceptors (Lipinski definition) is 4. The van der Waals surface area contributed by atoms with Crippen molar-refractivity contribution in [1.29, 1.82) is 0 Å². The first-order valence-corrected chi connectivity index (χ1v) is 8.54. The van der Waals surface area contributed by atoms with Crippen molar-refractivity contribution in [3.8, 4) is 22.6 Å². The highest BCUT2D eigenvalue weighted by atomic mass is 32.2. The molecule has 1 aromatic heterocycles. The van der Waals surface area contributed by atoms with Crippen molar-refractivity contribution in [2.24, 2.45) is 0 Å². The number of benzene rings is 2. The zero-order valence-corrected chi connectivity index (χ0v) is 14.1. The minimum atomic E-state index is 0.104. The van der Waals surface area contributed by atoms with Gasteiger partial charge in [-0.1, -0.05) is 71.4 Å². The van der Waals surface area contributed by atoms with Crippen LogP contribution >= 0.6 is 11.8 Å². The fourth-order valence-corrected chi connectivity index (χ4v) is 2.87. The average Bonchev–Trinajstić information content (AvgIpc) is 2.98. The molecule has 0 unspecified atom stereocenters. The van der Waals surface area contributed by atoms with Crippen molar-refractivity contribution in [1.82, 2.24) is 4.98 Å². The highest BCUT2D eigenvalue weighted by Gasteiger charge is 2.17. The van der Waals surface area contributed by atoms with Crippen LogP contribution in [0.15, 0.2) is 58.2 Å². The Bertz CT molecular complexity index is 713. The summed E-state index contributed by atoms with van der Waals surface area (Å²) in [6.07, 6.45) is 0. The molecule has 3 rings (SSSR count). The first-order valence-electron chi connectivity index (χ1n) is 7.56. The summed E-state index contributed by atoms with van der Waals surface area (Å²) in [6.45, 7) is 4.23. The third kappa shape index (κ3) is 3.66. The lowest BCUT2D eigenvalue weighted by atomic mass is 10.0. The second-order valence-corrected chi connectivity index (χ2v) is 6.51. The molecule has 0 saturated carbocycles.